The lowest BCUT2D eigenvalue weighted by Crippen LogP contribution is -2.25. The maximum atomic E-state index is 12.3. The van der Waals surface area contributed by atoms with Gasteiger partial charge < -0.3 is 10.1 Å². The molecule has 9 heteroatoms. The van der Waals surface area contributed by atoms with Crippen molar-refractivity contribution in [3.05, 3.63) is 62.6 Å². The Bertz CT molecular complexity index is 940. The molecule has 3 rings (SSSR count). The molecular weight excluding hydrogens is 434 g/mol. The largest absolute Gasteiger partial charge is 0.471 e. The molecule has 7 nitrogen and oxygen atoms in total. The molecule has 0 fully saturated rings. The first-order valence-electron chi connectivity index (χ1n) is 8.22. The maximum absolute atomic E-state index is 12.3. The fraction of sp³-hybridized carbons (Fsp3) is 0.278. The van der Waals surface area contributed by atoms with Gasteiger partial charge in [0.25, 0.3) is 5.91 Å². The molecule has 0 saturated carbocycles. The lowest BCUT2D eigenvalue weighted by Gasteiger charge is -2.10. The van der Waals surface area contributed by atoms with E-state index in [-0.39, 0.29) is 12.6 Å². The summed E-state index contributed by atoms with van der Waals surface area (Å²) < 4.78 is 9.85. The molecule has 0 aliphatic carbocycles. The summed E-state index contributed by atoms with van der Waals surface area (Å²) in [5.41, 5.74) is 3.10. The van der Waals surface area contributed by atoms with Gasteiger partial charge in [-0.3, -0.25) is 9.48 Å². The summed E-state index contributed by atoms with van der Waals surface area (Å²) in [5.74, 6) is 0.442. The highest BCUT2D eigenvalue weighted by atomic mass is 79.9. The summed E-state index contributed by atoms with van der Waals surface area (Å²) in [5, 5.41) is 11.9. The standard InChI is InChI=1S/C18H19BrClN5O2/c1-11-6-13(7-12(2)17(11)20)27-10-25-5-4-15(23-25)18(26)21-9-16-14(19)8-22-24(16)3/h4-8H,9-10H2,1-3H3,(H,21,26). The molecule has 1 aromatic carbocycles. The minimum absolute atomic E-state index is 0.196. The van der Waals surface area contributed by atoms with Crippen LogP contribution in [0.2, 0.25) is 5.02 Å². The summed E-state index contributed by atoms with van der Waals surface area (Å²) in [6.45, 7) is 4.40. The number of amides is 1. The predicted molar refractivity (Wildman–Crippen MR) is 106 cm³/mol. The van der Waals surface area contributed by atoms with Crippen LogP contribution in [0.5, 0.6) is 5.75 Å². The smallest absolute Gasteiger partial charge is 0.272 e. The zero-order valence-electron chi connectivity index (χ0n) is 15.2. The van der Waals surface area contributed by atoms with Crippen molar-refractivity contribution in [2.75, 3.05) is 0 Å². The average molecular weight is 453 g/mol. The van der Waals surface area contributed by atoms with Gasteiger partial charge >= 0.3 is 0 Å². The Hall–Kier alpha value is -2.32. The quantitative estimate of drug-likeness (QED) is 0.620. The van der Waals surface area contributed by atoms with E-state index in [9.17, 15) is 4.79 Å². The van der Waals surface area contributed by atoms with E-state index in [0.29, 0.717) is 18.0 Å². The van der Waals surface area contributed by atoms with Crippen molar-refractivity contribution >= 4 is 33.4 Å². The zero-order valence-corrected chi connectivity index (χ0v) is 17.5. The molecule has 0 radical (unpaired) electrons. The summed E-state index contributed by atoms with van der Waals surface area (Å²) >= 11 is 9.57. The fourth-order valence-corrected chi connectivity index (χ4v) is 3.17. The number of hydrogen-bond donors (Lipinski definition) is 1. The number of halogens is 2. The Morgan fingerprint density at radius 2 is 2.04 bits per heavy atom. The summed E-state index contributed by atoms with van der Waals surface area (Å²) in [4.78, 5) is 12.3. The Kier molecular flexibility index (Phi) is 5.86. The fourth-order valence-electron chi connectivity index (χ4n) is 2.57. The van der Waals surface area contributed by atoms with E-state index in [0.717, 1.165) is 26.3 Å². The first kappa shape index (κ1) is 19.4. The molecule has 0 aliphatic heterocycles. The lowest BCUT2D eigenvalue weighted by molar-refractivity contribution is 0.0943. The van der Waals surface area contributed by atoms with Crippen LogP contribution in [0.25, 0.3) is 0 Å². The van der Waals surface area contributed by atoms with Crippen LogP contribution in [0, 0.1) is 13.8 Å². The third kappa shape index (κ3) is 4.51. The Morgan fingerprint density at radius 1 is 1.33 bits per heavy atom. The van der Waals surface area contributed by atoms with E-state index in [1.807, 2.05) is 33.0 Å². The molecule has 1 amide bonds. The van der Waals surface area contributed by atoms with Gasteiger partial charge in [-0.25, -0.2) is 4.68 Å². The maximum Gasteiger partial charge on any atom is 0.272 e. The van der Waals surface area contributed by atoms with Crippen LogP contribution in [0.15, 0.2) is 35.1 Å². The molecule has 2 aromatic heterocycles. The van der Waals surface area contributed by atoms with Crippen LogP contribution in [0.1, 0.15) is 27.3 Å². The second-order valence-electron chi connectivity index (χ2n) is 6.13. The normalized spacial score (nSPS) is 10.9. The molecule has 0 saturated heterocycles. The van der Waals surface area contributed by atoms with Crippen LogP contribution in [0.3, 0.4) is 0 Å². The number of aryl methyl sites for hydroxylation is 3. The number of hydrogen-bond acceptors (Lipinski definition) is 4. The molecule has 0 unspecified atom stereocenters. The van der Waals surface area contributed by atoms with E-state index in [1.54, 1.807) is 27.8 Å². The molecule has 27 heavy (non-hydrogen) atoms. The highest BCUT2D eigenvalue weighted by Crippen LogP contribution is 2.26. The number of nitrogens with zero attached hydrogens (tertiary/aromatic N) is 4. The molecule has 0 bridgehead atoms. The third-order valence-electron chi connectivity index (χ3n) is 4.07. The second-order valence-corrected chi connectivity index (χ2v) is 7.36. The Morgan fingerprint density at radius 3 is 2.67 bits per heavy atom. The van der Waals surface area contributed by atoms with Crippen molar-refractivity contribution in [2.24, 2.45) is 7.05 Å². The highest BCUT2D eigenvalue weighted by molar-refractivity contribution is 9.10. The van der Waals surface area contributed by atoms with Gasteiger partial charge in [0, 0.05) is 18.3 Å². The van der Waals surface area contributed by atoms with E-state index in [4.69, 9.17) is 16.3 Å². The van der Waals surface area contributed by atoms with Gasteiger partial charge in [0.15, 0.2) is 6.73 Å². The number of benzene rings is 1. The summed E-state index contributed by atoms with van der Waals surface area (Å²) in [7, 11) is 1.82. The van der Waals surface area contributed by atoms with Crippen LogP contribution in [-0.4, -0.2) is 25.5 Å². The summed E-state index contributed by atoms with van der Waals surface area (Å²) in [6, 6.07) is 5.39. The lowest BCUT2D eigenvalue weighted by atomic mass is 10.1. The van der Waals surface area contributed by atoms with Gasteiger partial charge in [0.05, 0.1) is 22.9 Å². The van der Waals surface area contributed by atoms with Gasteiger partial charge in [-0.15, -0.1) is 0 Å². The van der Waals surface area contributed by atoms with Crippen molar-refractivity contribution in [2.45, 2.75) is 27.1 Å². The molecule has 0 atom stereocenters. The van der Waals surface area contributed by atoms with Crippen LogP contribution >= 0.6 is 27.5 Å². The van der Waals surface area contributed by atoms with E-state index in [1.165, 1.54) is 0 Å². The van der Waals surface area contributed by atoms with E-state index >= 15 is 0 Å². The molecule has 142 valence electrons. The first-order chi connectivity index (χ1) is 12.8. The van der Waals surface area contributed by atoms with Crippen molar-refractivity contribution in [1.29, 1.82) is 0 Å². The molecule has 0 spiro atoms. The van der Waals surface area contributed by atoms with Crippen molar-refractivity contribution < 1.29 is 9.53 Å². The third-order valence-corrected chi connectivity index (χ3v) is 5.33. The zero-order chi connectivity index (χ0) is 19.6. The predicted octanol–water partition coefficient (Wildman–Crippen LogP) is 3.62. The van der Waals surface area contributed by atoms with Crippen LogP contribution < -0.4 is 10.1 Å². The van der Waals surface area contributed by atoms with Crippen molar-refractivity contribution in [3.8, 4) is 5.75 Å². The minimum Gasteiger partial charge on any atom is -0.471 e. The SMILES string of the molecule is Cc1cc(OCn2ccc(C(=O)NCc3c(Br)cnn3C)n2)cc(C)c1Cl. The monoisotopic (exact) mass is 451 g/mol. The summed E-state index contributed by atoms with van der Waals surface area (Å²) in [6.07, 6.45) is 3.39. The Balaban J connectivity index is 1.58. The van der Waals surface area contributed by atoms with Gasteiger partial charge in [0.2, 0.25) is 0 Å². The number of carbonyl (C=O) groups excluding carboxylic acids is 1. The van der Waals surface area contributed by atoms with Gasteiger partial charge in [0.1, 0.15) is 11.4 Å². The number of nitrogens with one attached hydrogen (secondary N) is 1. The van der Waals surface area contributed by atoms with Gasteiger partial charge in [-0.1, -0.05) is 11.6 Å². The van der Waals surface area contributed by atoms with Crippen LogP contribution in [-0.2, 0) is 20.3 Å². The number of ether oxygens (including phenoxy) is 1. The highest BCUT2D eigenvalue weighted by Gasteiger charge is 2.12. The molecule has 2 heterocycles. The molecule has 0 aliphatic rings. The number of rotatable bonds is 6. The first-order valence-corrected chi connectivity index (χ1v) is 9.40. The average Bonchev–Trinajstić information content (AvgIpc) is 3.23. The van der Waals surface area contributed by atoms with Gasteiger partial charge in [-0.2, -0.15) is 10.2 Å². The van der Waals surface area contributed by atoms with Crippen molar-refractivity contribution in [1.82, 2.24) is 24.9 Å². The second kappa shape index (κ2) is 8.14. The number of carbonyl (C=O) groups is 1. The number of aromatic nitrogens is 4. The Labute approximate surface area is 170 Å². The molecular formula is C18H19BrClN5O2. The molecule has 1 N–H and O–H groups in total. The van der Waals surface area contributed by atoms with Crippen LogP contribution in [0.4, 0.5) is 0 Å². The van der Waals surface area contributed by atoms with E-state index < -0.39 is 0 Å². The molecule has 3 aromatic rings. The van der Waals surface area contributed by atoms with E-state index in [2.05, 4.69) is 31.4 Å². The van der Waals surface area contributed by atoms with Gasteiger partial charge in [-0.05, 0) is 59.1 Å². The van der Waals surface area contributed by atoms with Crippen molar-refractivity contribution in [3.63, 3.8) is 0 Å². The minimum atomic E-state index is -0.264. The topological polar surface area (TPSA) is 74.0 Å².